The van der Waals surface area contributed by atoms with Gasteiger partial charge in [-0.05, 0) is 58.3 Å². The number of rotatable bonds is 5. The highest BCUT2D eigenvalue weighted by atomic mass is 15.2. The van der Waals surface area contributed by atoms with Crippen LogP contribution in [0.4, 0.5) is 0 Å². The van der Waals surface area contributed by atoms with Crippen molar-refractivity contribution in [1.82, 2.24) is 9.80 Å². The van der Waals surface area contributed by atoms with Crippen LogP contribution in [0.2, 0.25) is 0 Å². The van der Waals surface area contributed by atoms with E-state index in [1.165, 1.54) is 25.9 Å². The van der Waals surface area contributed by atoms with Crippen molar-refractivity contribution in [2.45, 2.75) is 58.5 Å². The molecular weight excluding hydrogens is 222 g/mol. The van der Waals surface area contributed by atoms with Gasteiger partial charge >= 0.3 is 0 Å². The van der Waals surface area contributed by atoms with Gasteiger partial charge in [0.2, 0.25) is 0 Å². The highest BCUT2D eigenvalue weighted by Gasteiger charge is 2.22. The number of likely N-dealkylation sites (N-methyl/N-ethyl adjacent to an activating group) is 2. The zero-order valence-corrected chi connectivity index (χ0v) is 13.1. The van der Waals surface area contributed by atoms with Crippen molar-refractivity contribution in [3.8, 4) is 0 Å². The van der Waals surface area contributed by atoms with E-state index in [0.29, 0.717) is 11.5 Å². The van der Waals surface area contributed by atoms with Crippen molar-refractivity contribution in [1.29, 1.82) is 0 Å². The van der Waals surface area contributed by atoms with E-state index < -0.39 is 0 Å². The molecule has 0 spiro atoms. The first-order chi connectivity index (χ1) is 8.28. The van der Waals surface area contributed by atoms with E-state index in [0.717, 1.165) is 25.4 Å². The molecule has 0 aliphatic carbocycles. The van der Waals surface area contributed by atoms with Crippen molar-refractivity contribution < 1.29 is 0 Å². The number of hydrogen-bond acceptors (Lipinski definition) is 3. The minimum atomic E-state index is 0.341. The second-order valence-electron chi connectivity index (χ2n) is 7.35. The van der Waals surface area contributed by atoms with Gasteiger partial charge in [0.05, 0.1) is 0 Å². The number of hydrogen-bond donors (Lipinski definition) is 1. The molecular formula is C15H33N3. The summed E-state index contributed by atoms with van der Waals surface area (Å²) >= 11 is 0. The summed E-state index contributed by atoms with van der Waals surface area (Å²) in [6, 6.07) is 1.07. The topological polar surface area (TPSA) is 32.5 Å². The molecule has 0 aromatic heterocycles. The van der Waals surface area contributed by atoms with Crippen LogP contribution in [0.15, 0.2) is 0 Å². The lowest BCUT2D eigenvalue weighted by Gasteiger charge is -2.36. The van der Waals surface area contributed by atoms with E-state index in [4.69, 9.17) is 5.73 Å². The van der Waals surface area contributed by atoms with E-state index in [-0.39, 0.29) is 0 Å². The van der Waals surface area contributed by atoms with Crippen LogP contribution in [0, 0.1) is 5.41 Å². The van der Waals surface area contributed by atoms with Crippen LogP contribution >= 0.6 is 0 Å². The van der Waals surface area contributed by atoms with E-state index in [1.807, 2.05) is 0 Å². The Morgan fingerprint density at radius 3 is 2.61 bits per heavy atom. The fraction of sp³-hybridized carbons (Fsp3) is 1.00. The van der Waals surface area contributed by atoms with Gasteiger partial charge in [0.1, 0.15) is 0 Å². The van der Waals surface area contributed by atoms with Gasteiger partial charge in [-0.1, -0.05) is 20.8 Å². The molecule has 1 rings (SSSR count). The van der Waals surface area contributed by atoms with Gasteiger partial charge < -0.3 is 15.5 Å². The maximum atomic E-state index is 6.23. The zero-order valence-electron chi connectivity index (χ0n) is 13.1. The summed E-state index contributed by atoms with van der Waals surface area (Å²) in [5, 5.41) is 0. The summed E-state index contributed by atoms with van der Waals surface area (Å²) in [6.07, 6.45) is 4.91. The van der Waals surface area contributed by atoms with Crippen LogP contribution in [0.5, 0.6) is 0 Å². The van der Waals surface area contributed by atoms with Crippen molar-refractivity contribution in [3.05, 3.63) is 0 Å². The predicted molar refractivity (Wildman–Crippen MR) is 79.8 cm³/mol. The Kier molecular flexibility index (Phi) is 6.09. The molecule has 1 aliphatic rings. The standard InChI is InChI=1S/C15H33N3/c1-15(2,3)11-13(16)8-10-18(5)14-7-6-9-17(4)12-14/h13-14H,6-12,16H2,1-5H3. The van der Waals surface area contributed by atoms with Crippen molar-refractivity contribution in [3.63, 3.8) is 0 Å². The van der Waals surface area contributed by atoms with Gasteiger partial charge in [0, 0.05) is 18.6 Å². The van der Waals surface area contributed by atoms with Crippen molar-refractivity contribution >= 4 is 0 Å². The molecule has 1 aliphatic heterocycles. The second-order valence-corrected chi connectivity index (χ2v) is 7.35. The minimum absolute atomic E-state index is 0.341. The number of piperidine rings is 1. The lowest BCUT2D eigenvalue weighted by atomic mass is 9.87. The average molecular weight is 255 g/mol. The fourth-order valence-corrected chi connectivity index (χ4v) is 2.94. The lowest BCUT2D eigenvalue weighted by Crippen LogP contribution is -2.46. The van der Waals surface area contributed by atoms with E-state index in [1.54, 1.807) is 0 Å². The number of nitrogens with zero attached hydrogens (tertiary/aromatic N) is 2. The summed E-state index contributed by atoms with van der Waals surface area (Å²) in [5.74, 6) is 0. The fourth-order valence-electron chi connectivity index (χ4n) is 2.94. The Morgan fingerprint density at radius 2 is 2.06 bits per heavy atom. The van der Waals surface area contributed by atoms with Crippen LogP contribution in [0.1, 0.15) is 46.5 Å². The smallest absolute Gasteiger partial charge is 0.0220 e. The summed E-state index contributed by atoms with van der Waals surface area (Å²) in [7, 11) is 4.49. The number of nitrogens with two attached hydrogens (primary N) is 1. The minimum Gasteiger partial charge on any atom is -0.328 e. The molecule has 0 aromatic carbocycles. The molecule has 2 N–H and O–H groups in total. The van der Waals surface area contributed by atoms with Gasteiger partial charge in [0.15, 0.2) is 0 Å². The SMILES string of the molecule is CN1CCCC(N(C)CCC(N)CC(C)(C)C)C1. The third-order valence-corrected chi connectivity index (χ3v) is 3.95. The summed E-state index contributed by atoms with van der Waals surface area (Å²) in [4.78, 5) is 4.96. The molecule has 0 saturated carbocycles. The first kappa shape index (κ1) is 15.9. The molecule has 3 nitrogen and oxygen atoms in total. The maximum Gasteiger partial charge on any atom is 0.0220 e. The van der Waals surface area contributed by atoms with E-state index in [9.17, 15) is 0 Å². The van der Waals surface area contributed by atoms with Gasteiger partial charge in [-0.25, -0.2) is 0 Å². The lowest BCUT2D eigenvalue weighted by molar-refractivity contribution is 0.130. The van der Waals surface area contributed by atoms with Gasteiger partial charge in [0.25, 0.3) is 0 Å². The molecule has 2 unspecified atom stereocenters. The molecule has 2 atom stereocenters. The Morgan fingerprint density at radius 1 is 1.39 bits per heavy atom. The second kappa shape index (κ2) is 6.88. The zero-order chi connectivity index (χ0) is 13.8. The molecule has 3 heteroatoms. The first-order valence-electron chi connectivity index (χ1n) is 7.42. The third kappa shape index (κ3) is 6.17. The van der Waals surface area contributed by atoms with Crippen molar-refractivity contribution in [2.24, 2.45) is 11.1 Å². The highest BCUT2D eigenvalue weighted by Crippen LogP contribution is 2.21. The molecule has 108 valence electrons. The van der Waals surface area contributed by atoms with Crippen molar-refractivity contribution in [2.75, 3.05) is 33.7 Å². The summed E-state index contributed by atoms with van der Waals surface area (Å²) in [6.45, 7) is 10.4. The Hall–Kier alpha value is -0.120. The van der Waals surface area contributed by atoms with Crippen LogP contribution < -0.4 is 5.73 Å². The molecule has 1 heterocycles. The van der Waals surface area contributed by atoms with Crippen LogP contribution in [0.25, 0.3) is 0 Å². The molecule has 0 bridgehead atoms. The average Bonchev–Trinajstić information content (AvgIpc) is 2.23. The van der Waals surface area contributed by atoms with Crippen LogP contribution in [-0.4, -0.2) is 55.6 Å². The Labute approximate surface area is 114 Å². The molecule has 0 radical (unpaired) electrons. The summed E-state index contributed by atoms with van der Waals surface area (Å²) < 4.78 is 0. The van der Waals surface area contributed by atoms with E-state index in [2.05, 4.69) is 44.7 Å². The van der Waals surface area contributed by atoms with Crippen LogP contribution in [-0.2, 0) is 0 Å². The monoisotopic (exact) mass is 255 g/mol. The maximum absolute atomic E-state index is 6.23. The Balaban J connectivity index is 2.25. The largest absolute Gasteiger partial charge is 0.328 e. The molecule has 0 amide bonds. The highest BCUT2D eigenvalue weighted by molar-refractivity contribution is 4.79. The predicted octanol–water partition coefficient (Wildman–Crippen LogP) is 2.17. The summed E-state index contributed by atoms with van der Waals surface area (Å²) in [5.41, 5.74) is 6.58. The number of likely N-dealkylation sites (tertiary alicyclic amines) is 1. The van der Waals surface area contributed by atoms with Crippen LogP contribution in [0.3, 0.4) is 0 Å². The van der Waals surface area contributed by atoms with Gasteiger partial charge in [-0.3, -0.25) is 0 Å². The van der Waals surface area contributed by atoms with E-state index >= 15 is 0 Å². The van der Waals surface area contributed by atoms with Gasteiger partial charge in [-0.15, -0.1) is 0 Å². The molecule has 1 saturated heterocycles. The third-order valence-electron chi connectivity index (χ3n) is 3.95. The van der Waals surface area contributed by atoms with Gasteiger partial charge in [-0.2, -0.15) is 0 Å². The quantitative estimate of drug-likeness (QED) is 0.817. The first-order valence-corrected chi connectivity index (χ1v) is 7.42. The molecule has 0 aromatic rings. The molecule has 1 fully saturated rings. The molecule has 18 heavy (non-hydrogen) atoms. The Bertz CT molecular complexity index is 234. The normalized spacial score (nSPS) is 24.5.